The Kier molecular flexibility index (Phi) is 4.32. The van der Waals surface area contributed by atoms with Crippen molar-refractivity contribution in [1.82, 2.24) is 4.90 Å². The molecule has 0 saturated heterocycles. The van der Waals surface area contributed by atoms with Crippen LogP contribution in [0.4, 0.5) is 0 Å². The first-order valence-electron chi connectivity index (χ1n) is 5.54. The zero-order valence-electron chi connectivity index (χ0n) is 10.3. The Balaban J connectivity index is 3.32. The Bertz CT molecular complexity index is 384. The third-order valence-corrected chi connectivity index (χ3v) is 2.64. The Morgan fingerprint density at radius 3 is 2.25 bits per heavy atom. The predicted octanol–water partition coefficient (Wildman–Crippen LogP) is 3.08. The van der Waals surface area contributed by atoms with Gasteiger partial charge in [-0.25, -0.2) is 0 Å². The Morgan fingerprint density at radius 2 is 1.81 bits per heavy atom. The van der Waals surface area contributed by atoms with Gasteiger partial charge in [-0.1, -0.05) is 30.9 Å². The molecule has 0 saturated carbocycles. The molecule has 0 radical (unpaired) electrons. The van der Waals surface area contributed by atoms with E-state index in [1.807, 2.05) is 43.9 Å². The van der Waals surface area contributed by atoms with Gasteiger partial charge in [0.25, 0.3) is 0 Å². The van der Waals surface area contributed by atoms with Crippen LogP contribution in [-0.4, -0.2) is 10.9 Å². The molecule has 0 amide bonds. The van der Waals surface area contributed by atoms with Crippen molar-refractivity contribution < 1.29 is 0 Å². The third kappa shape index (κ3) is 2.02. The van der Waals surface area contributed by atoms with Crippen molar-refractivity contribution in [1.29, 1.82) is 0 Å². The van der Waals surface area contributed by atoms with Gasteiger partial charge in [0.1, 0.15) is 0 Å². The molecule has 1 aliphatic rings. The van der Waals surface area contributed by atoms with E-state index >= 15 is 0 Å². The van der Waals surface area contributed by atoms with E-state index in [1.165, 1.54) is 0 Å². The summed E-state index contributed by atoms with van der Waals surface area (Å²) in [5.41, 5.74) is 9.53. The molecule has 0 aromatic rings. The van der Waals surface area contributed by atoms with Crippen LogP contribution in [0.1, 0.15) is 20.8 Å². The molecule has 2 N–H and O–H groups in total. The zero-order valence-corrected chi connectivity index (χ0v) is 10.3. The molecule has 0 aliphatic carbocycles. The smallest absolute Gasteiger partial charge is 0.0726 e. The summed E-state index contributed by atoms with van der Waals surface area (Å²) in [4.78, 5) is 2.04. The third-order valence-electron chi connectivity index (χ3n) is 2.64. The van der Waals surface area contributed by atoms with E-state index in [1.54, 1.807) is 6.20 Å². The predicted molar refractivity (Wildman–Crippen MR) is 70.4 cm³/mol. The lowest BCUT2D eigenvalue weighted by Gasteiger charge is -2.18. The Labute approximate surface area is 98.1 Å². The van der Waals surface area contributed by atoms with Gasteiger partial charge >= 0.3 is 0 Å². The maximum atomic E-state index is 6.21. The molecular weight excluding hydrogens is 196 g/mol. The number of hydrogen-bond acceptors (Lipinski definition) is 2. The minimum absolute atomic E-state index is 0.0644. The average Bonchev–Trinajstić information content (AvgIpc) is 2.53. The Morgan fingerprint density at radius 1 is 1.19 bits per heavy atom. The summed E-state index contributed by atoms with van der Waals surface area (Å²) in [6.45, 7) is 9.84. The number of nitrogens with zero attached hydrogens (tertiary/aromatic N) is 1. The van der Waals surface area contributed by atoms with Crippen molar-refractivity contribution >= 4 is 0 Å². The van der Waals surface area contributed by atoms with Crippen LogP contribution in [0, 0.1) is 0 Å². The maximum absolute atomic E-state index is 6.21. The molecule has 2 heteroatoms. The minimum Gasteiger partial charge on any atom is -0.320 e. The van der Waals surface area contributed by atoms with Gasteiger partial charge in [0, 0.05) is 11.9 Å². The lowest BCUT2D eigenvalue weighted by molar-refractivity contribution is 0.596. The monoisotopic (exact) mass is 216 g/mol. The molecule has 1 heterocycles. The molecule has 1 aliphatic heterocycles. The van der Waals surface area contributed by atoms with Crippen molar-refractivity contribution in [3.8, 4) is 0 Å². The van der Waals surface area contributed by atoms with Gasteiger partial charge in [-0.2, -0.15) is 0 Å². The van der Waals surface area contributed by atoms with Crippen molar-refractivity contribution in [2.24, 2.45) is 5.73 Å². The first-order chi connectivity index (χ1) is 7.71. The second kappa shape index (κ2) is 5.52. The lowest BCUT2D eigenvalue weighted by atomic mass is 10.1. The van der Waals surface area contributed by atoms with Crippen LogP contribution in [0.25, 0.3) is 0 Å². The fourth-order valence-corrected chi connectivity index (χ4v) is 1.97. The molecule has 2 nitrogen and oxygen atoms in total. The molecule has 1 rings (SSSR count). The van der Waals surface area contributed by atoms with Crippen LogP contribution in [0.15, 0.2) is 60.1 Å². The van der Waals surface area contributed by atoms with Crippen molar-refractivity contribution in [2.45, 2.75) is 26.8 Å². The molecule has 0 fully saturated rings. The van der Waals surface area contributed by atoms with E-state index in [-0.39, 0.29) is 6.04 Å². The maximum Gasteiger partial charge on any atom is 0.0726 e. The molecule has 86 valence electrons. The molecule has 1 unspecified atom stereocenters. The van der Waals surface area contributed by atoms with E-state index in [9.17, 15) is 0 Å². The summed E-state index contributed by atoms with van der Waals surface area (Å²) in [5.74, 6) is 0. The van der Waals surface area contributed by atoms with E-state index in [4.69, 9.17) is 5.73 Å². The molecular formula is C14H20N2. The van der Waals surface area contributed by atoms with Gasteiger partial charge in [0.15, 0.2) is 0 Å². The number of nitrogens with two attached hydrogens (primary N) is 1. The van der Waals surface area contributed by atoms with E-state index in [2.05, 4.69) is 18.7 Å². The highest BCUT2D eigenvalue weighted by atomic mass is 15.2. The second-order valence-electron chi connectivity index (χ2n) is 3.58. The van der Waals surface area contributed by atoms with Crippen molar-refractivity contribution in [3.63, 3.8) is 0 Å². The first kappa shape index (κ1) is 12.5. The van der Waals surface area contributed by atoms with E-state index < -0.39 is 0 Å². The normalized spacial score (nSPS) is 24.4. The van der Waals surface area contributed by atoms with Crippen molar-refractivity contribution in [2.75, 3.05) is 0 Å². The van der Waals surface area contributed by atoms with Gasteiger partial charge < -0.3 is 10.6 Å². The number of allylic oxidation sites excluding steroid dienone is 4. The topological polar surface area (TPSA) is 29.3 Å². The van der Waals surface area contributed by atoms with Crippen LogP contribution >= 0.6 is 0 Å². The second-order valence-corrected chi connectivity index (χ2v) is 3.58. The van der Waals surface area contributed by atoms with E-state index in [0.29, 0.717) is 0 Å². The van der Waals surface area contributed by atoms with Crippen LogP contribution in [0.5, 0.6) is 0 Å². The number of hydrogen-bond donors (Lipinski definition) is 1. The summed E-state index contributed by atoms with van der Waals surface area (Å²) >= 11 is 0. The lowest BCUT2D eigenvalue weighted by Crippen LogP contribution is -2.24. The first-order valence-corrected chi connectivity index (χ1v) is 5.54. The fraction of sp³-hybridized carbons (Fsp3) is 0.286. The summed E-state index contributed by atoms with van der Waals surface area (Å²) in [6, 6.07) is -0.0644. The summed E-state index contributed by atoms with van der Waals surface area (Å²) in [5, 5.41) is 0. The molecule has 0 aromatic carbocycles. The van der Waals surface area contributed by atoms with Gasteiger partial charge in [-0.15, -0.1) is 0 Å². The van der Waals surface area contributed by atoms with Crippen LogP contribution in [0.2, 0.25) is 0 Å². The SMILES string of the molecule is C=CN1C(/C=C\C)=C(/C=C\C)C(N)/C1=C/C. The molecule has 0 bridgehead atoms. The Hall–Kier alpha value is -1.54. The zero-order chi connectivity index (χ0) is 12.1. The minimum atomic E-state index is -0.0644. The summed E-state index contributed by atoms with van der Waals surface area (Å²) in [7, 11) is 0. The standard InChI is InChI=1S/C14H20N2/c1-5-9-11-13(10-6-2)16(8-4)12(7-3)14(11)15/h5-10,14H,4,15H2,1-3H3/b9-5-,10-6-,12-7-. The molecule has 16 heavy (non-hydrogen) atoms. The van der Waals surface area contributed by atoms with Crippen LogP contribution < -0.4 is 5.73 Å². The summed E-state index contributed by atoms with van der Waals surface area (Å²) < 4.78 is 0. The highest BCUT2D eigenvalue weighted by Gasteiger charge is 2.28. The molecule has 0 aromatic heterocycles. The largest absolute Gasteiger partial charge is 0.320 e. The molecule has 1 atom stereocenters. The van der Waals surface area contributed by atoms with Gasteiger partial charge in [-0.05, 0) is 32.4 Å². The molecule has 0 spiro atoms. The van der Waals surface area contributed by atoms with Crippen LogP contribution in [-0.2, 0) is 0 Å². The summed E-state index contributed by atoms with van der Waals surface area (Å²) in [6.07, 6.45) is 12.0. The van der Waals surface area contributed by atoms with Gasteiger partial charge in [0.05, 0.1) is 11.7 Å². The quantitative estimate of drug-likeness (QED) is 0.785. The van der Waals surface area contributed by atoms with E-state index in [0.717, 1.165) is 17.0 Å². The van der Waals surface area contributed by atoms with Crippen molar-refractivity contribution in [3.05, 3.63) is 60.1 Å². The fourth-order valence-electron chi connectivity index (χ4n) is 1.97. The number of rotatable bonds is 3. The van der Waals surface area contributed by atoms with Crippen LogP contribution in [0.3, 0.4) is 0 Å². The van der Waals surface area contributed by atoms with Gasteiger partial charge in [-0.3, -0.25) is 0 Å². The average molecular weight is 216 g/mol. The van der Waals surface area contributed by atoms with Gasteiger partial charge in [0.2, 0.25) is 0 Å². The highest BCUT2D eigenvalue weighted by Crippen LogP contribution is 2.32. The highest BCUT2D eigenvalue weighted by molar-refractivity contribution is 5.49.